The zero-order valence-electron chi connectivity index (χ0n) is 15.0. The molecule has 0 radical (unpaired) electrons. The van der Waals surface area contributed by atoms with E-state index in [0.717, 1.165) is 17.0 Å². The lowest BCUT2D eigenvalue weighted by atomic mass is 10.2. The van der Waals surface area contributed by atoms with E-state index in [-0.39, 0.29) is 10.7 Å². The summed E-state index contributed by atoms with van der Waals surface area (Å²) in [6.07, 6.45) is 0.382. The highest BCUT2D eigenvalue weighted by Crippen LogP contribution is 2.26. The van der Waals surface area contributed by atoms with Gasteiger partial charge < -0.3 is 9.47 Å². The zero-order chi connectivity index (χ0) is 20.1. The number of ether oxygens (including phenoxy) is 2. The lowest BCUT2D eigenvalue weighted by Crippen LogP contribution is -2.30. The van der Waals surface area contributed by atoms with Gasteiger partial charge in [-0.05, 0) is 43.3 Å². The van der Waals surface area contributed by atoms with Gasteiger partial charge in [-0.1, -0.05) is 11.6 Å². The van der Waals surface area contributed by atoms with Crippen LogP contribution >= 0.6 is 22.9 Å². The SMILES string of the molecule is COc1ccc(-c2csc(NC(=O)C(C)OC(=O)c3ccnc(Cl)c3)n2)cc1. The average Bonchev–Trinajstić information content (AvgIpc) is 3.16. The number of benzene rings is 1. The van der Waals surface area contributed by atoms with Crippen LogP contribution in [0.5, 0.6) is 5.75 Å². The Hall–Kier alpha value is -2.97. The molecule has 3 aromatic rings. The first-order valence-electron chi connectivity index (χ1n) is 8.19. The van der Waals surface area contributed by atoms with Crippen molar-refractivity contribution in [2.75, 3.05) is 12.4 Å². The molecule has 0 spiro atoms. The zero-order valence-corrected chi connectivity index (χ0v) is 16.6. The molecule has 2 aromatic heterocycles. The number of carbonyl (C=O) groups excluding carboxylic acids is 2. The number of hydrogen-bond donors (Lipinski definition) is 1. The minimum Gasteiger partial charge on any atom is -0.497 e. The molecule has 1 aromatic carbocycles. The number of amides is 1. The largest absolute Gasteiger partial charge is 0.497 e. The second-order valence-corrected chi connectivity index (χ2v) is 6.92. The highest BCUT2D eigenvalue weighted by atomic mass is 35.5. The summed E-state index contributed by atoms with van der Waals surface area (Å²) in [7, 11) is 1.60. The standard InChI is InChI=1S/C19H16ClN3O4S/c1-11(27-18(25)13-7-8-21-16(20)9-13)17(24)23-19-22-15(10-28-19)12-3-5-14(26-2)6-4-12/h3-11H,1-2H3,(H,22,23,24). The molecular formula is C19H16ClN3O4S. The van der Waals surface area contributed by atoms with Gasteiger partial charge in [-0.2, -0.15) is 0 Å². The van der Waals surface area contributed by atoms with E-state index in [4.69, 9.17) is 21.1 Å². The highest BCUT2D eigenvalue weighted by molar-refractivity contribution is 7.14. The Bertz CT molecular complexity index is 991. The molecule has 1 N–H and O–H groups in total. The number of nitrogens with one attached hydrogen (secondary N) is 1. The van der Waals surface area contributed by atoms with Gasteiger partial charge in [0.2, 0.25) is 0 Å². The fourth-order valence-electron chi connectivity index (χ4n) is 2.24. The molecule has 0 saturated carbocycles. The molecule has 1 atom stereocenters. The summed E-state index contributed by atoms with van der Waals surface area (Å²) in [5.41, 5.74) is 1.83. The average molecular weight is 418 g/mol. The molecule has 0 saturated heterocycles. The van der Waals surface area contributed by atoms with Gasteiger partial charge in [0.15, 0.2) is 11.2 Å². The first-order valence-corrected chi connectivity index (χ1v) is 9.45. The summed E-state index contributed by atoms with van der Waals surface area (Å²) in [5.74, 6) is -0.396. The van der Waals surface area contributed by atoms with E-state index in [9.17, 15) is 9.59 Å². The van der Waals surface area contributed by atoms with Crippen LogP contribution in [0.25, 0.3) is 11.3 Å². The number of halogens is 1. The van der Waals surface area contributed by atoms with Gasteiger partial charge in [0.25, 0.3) is 5.91 Å². The Kier molecular flexibility index (Phi) is 6.23. The molecule has 0 aliphatic rings. The molecule has 28 heavy (non-hydrogen) atoms. The van der Waals surface area contributed by atoms with E-state index in [1.54, 1.807) is 7.11 Å². The van der Waals surface area contributed by atoms with E-state index in [0.29, 0.717) is 5.13 Å². The molecule has 1 amide bonds. The maximum absolute atomic E-state index is 12.3. The molecule has 2 heterocycles. The van der Waals surface area contributed by atoms with Gasteiger partial charge in [-0.15, -0.1) is 11.3 Å². The Morgan fingerprint density at radius 3 is 2.64 bits per heavy atom. The number of hydrogen-bond acceptors (Lipinski definition) is 7. The van der Waals surface area contributed by atoms with Crippen LogP contribution < -0.4 is 10.1 Å². The van der Waals surface area contributed by atoms with Crippen LogP contribution in [-0.4, -0.2) is 35.1 Å². The van der Waals surface area contributed by atoms with Crippen molar-refractivity contribution in [2.45, 2.75) is 13.0 Å². The summed E-state index contributed by atoms with van der Waals surface area (Å²) in [5, 5.41) is 5.05. The van der Waals surface area contributed by atoms with Crippen LogP contribution in [0.1, 0.15) is 17.3 Å². The van der Waals surface area contributed by atoms with Crippen molar-refractivity contribution in [1.82, 2.24) is 9.97 Å². The first kappa shape index (κ1) is 19.8. The van der Waals surface area contributed by atoms with E-state index < -0.39 is 18.0 Å². The van der Waals surface area contributed by atoms with Crippen molar-refractivity contribution in [2.24, 2.45) is 0 Å². The van der Waals surface area contributed by atoms with Crippen molar-refractivity contribution in [1.29, 1.82) is 0 Å². The predicted octanol–water partition coefficient (Wildman–Crippen LogP) is 4.05. The number of pyridine rings is 1. The Balaban J connectivity index is 1.61. The molecule has 0 aliphatic heterocycles. The fraction of sp³-hybridized carbons (Fsp3) is 0.158. The summed E-state index contributed by atoms with van der Waals surface area (Å²) >= 11 is 7.03. The third-order valence-electron chi connectivity index (χ3n) is 3.74. The lowest BCUT2D eigenvalue weighted by molar-refractivity contribution is -0.123. The first-order chi connectivity index (χ1) is 13.5. The molecule has 1 unspecified atom stereocenters. The minimum absolute atomic E-state index is 0.167. The normalized spacial score (nSPS) is 11.5. The van der Waals surface area contributed by atoms with Gasteiger partial charge in [0.05, 0.1) is 18.4 Å². The van der Waals surface area contributed by atoms with E-state index >= 15 is 0 Å². The van der Waals surface area contributed by atoms with Gasteiger partial charge in [0.1, 0.15) is 10.9 Å². The number of carbonyl (C=O) groups is 2. The summed E-state index contributed by atoms with van der Waals surface area (Å²) < 4.78 is 10.3. The Morgan fingerprint density at radius 1 is 1.21 bits per heavy atom. The maximum Gasteiger partial charge on any atom is 0.339 e. The minimum atomic E-state index is -1.01. The fourth-order valence-corrected chi connectivity index (χ4v) is 3.14. The highest BCUT2D eigenvalue weighted by Gasteiger charge is 2.20. The summed E-state index contributed by atoms with van der Waals surface area (Å²) in [4.78, 5) is 32.6. The molecule has 7 nitrogen and oxygen atoms in total. The quantitative estimate of drug-likeness (QED) is 0.480. The third kappa shape index (κ3) is 4.85. The van der Waals surface area contributed by atoms with Crippen LogP contribution in [0.15, 0.2) is 48.0 Å². The topological polar surface area (TPSA) is 90.4 Å². The van der Waals surface area contributed by atoms with Gasteiger partial charge in [0, 0.05) is 17.1 Å². The predicted molar refractivity (Wildman–Crippen MR) is 107 cm³/mol. The molecule has 144 valence electrons. The van der Waals surface area contributed by atoms with Crippen molar-refractivity contribution < 1.29 is 19.1 Å². The number of thiazole rings is 1. The second kappa shape index (κ2) is 8.81. The van der Waals surface area contributed by atoms with Crippen LogP contribution in [0, 0.1) is 0 Å². The molecular weight excluding hydrogens is 402 g/mol. The summed E-state index contributed by atoms with van der Waals surface area (Å²) in [6.45, 7) is 1.48. The van der Waals surface area contributed by atoms with Crippen molar-refractivity contribution in [3.05, 3.63) is 58.7 Å². The van der Waals surface area contributed by atoms with Gasteiger partial charge in [-0.25, -0.2) is 14.8 Å². The van der Waals surface area contributed by atoms with Gasteiger partial charge in [-0.3, -0.25) is 10.1 Å². The number of aromatic nitrogens is 2. The lowest BCUT2D eigenvalue weighted by Gasteiger charge is -2.12. The van der Waals surface area contributed by atoms with Crippen LogP contribution in [0.3, 0.4) is 0 Å². The number of rotatable bonds is 6. The molecule has 9 heteroatoms. The van der Waals surface area contributed by atoms with Crippen molar-refractivity contribution in [3.8, 4) is 17.0 Å². The number of methoxy groups -OCH3 is 1. The smallest absolute Gasteiger partial charge is 0.339 e. The maximum atomic E-state index is 12.3. The van der Waals surface area contributed by atoms with Gasteiger partial charge >= 0.3 is 5.97 Å². The Labute approximate surface area is 170 Å². The van der Waals surface area contributed by atoms with Crippen LogP contribution in [0.4, 0.5) is 5.13 Å². The van der Waals surface area contributed by atoms with Crippen molar-refractivity contribution in [3.63, 3.8) is 0 Å². The summed E-state index contributed by atoms with van der Waals surface area (Å²) in [6, 6.07) is 10.3. The molecule has 0 fully saturated rings. The van der Waals surface area contributed by atoms with E-state index in [1.165, 1.54) is 36.6 Å². The van der Waals surface area contributed by atoms with E-state index in [1.807, 2.05) is 29.6 Å². The van der Waals surface area contributed by atoms with E-state index in [2.05, 4.69) is 15.3 Å². The molecule has 0 bridgehead atoms. The number of anilines is 1. The van der Waals surface area contributed by atoms with Crippen molar-refractivity contribution >= 4 is 39.9 Å². The number of nitrogens with zero attached hydrogens (tertiary/aromatic N) is 2. The third-order valence-corrected chi connectivity index (χ3v) is 4.70. The van der Waals surface area contributed by atoms with Crippen LogP contribution in [-0.2, 0) is 9.53 Å². The second-order valence-electron chi connectivity index (χ2n) is 5.67. The monoisotopic (exact) mass is 417 g/mol. The van der Waals surface area contributed by atoms with Crippen LogP contribution in [0.2, 0.25) is 5.15 Å². The number of esters is 1. The Morgan fingerprint density at radius 2 is 1.96 bits per heavy atom. The molecule has 3 rings (SSSR count). The molecule has 0 aliphatic carbocycles.